The lowest BCUT2D eigenvalue weighted by molar-refractivity contribution is 0.262. The average Bonchev–Trinajstić information content (AvgIpc) is 3.25. The fourth-order valence-corrected chi connectivity index (χ4v) is 3.32. The lowest BCUT2D eigenvalue weighted by atomic mass is 9.92. The first-order valence-electron chi connectivity index (χ1n) is 10.9. The van der Waals surface area contributed by atoms with Gasteiger partial charge in [-0.05, 0) is 36.4 Å². The number of carbonyl (C=O) groups is 1. The first kappa shape index (κ1) is 24.9. The fraction of sp³-hybridized carbons (Fsp3) is 0.200. The molecule has 0 unspecified atom stereocenters. The van der Waals surface area contributed by atoms with Crippen LogP contribution in [0.1, 0.15) is 26.5 Å². The number of amides is 2. The summed E-state index contributed by atoms with van der Waals surface area (Å²) in [5.41, 5.74) is 1.49. The van der Waals surface area contributed by atoms with Crippen LogP contribution < -0.4 is 20.1 Å². The van der Waals surface area contributed by atoms with E-state index in [2.05, 4.69) is 25.7 Å². The minimum absolute atomic E-state index is 0.0804. The van der Waals surface area contributed by atoms with E-state index in [-0.39, 0.29) is 27.9 Å². The van der Waals surface area contributed by atoms with E-state index in [0.717, 1.165) is 17.4 Å². The molecule has 0 aliphatic heterocycles. The van der Waals surface area contributed by atoms with E-state index in [1.165, 1.54) is 24.5 Å². The summed E-state index contributed by atoms with van der Waals surface area (Å²) in [5.74, 6) is 0.466. The quantitative estimate of drug-likeness (QED) is 0.299. The summed E-state index contributed by atoms with van der Waals surface area (Å²) in [6.07, 6.45) is 1.21. The van der Waals surface area contributed by atoms with Crippen molar-refractivity contribution in [3.05, 3.63) is 77.6 Å². The molecular formula is C25H24ClFN6O3. The van der Waals surface area contributed by atoms with Gasteiger partial charge >= 0.3 is 6.03 Å². The van der Waals surface area contributed by atoms with Gasteiger partial charge in [-0.2, -0.15) is 5.10 Å². The van der Waals surface area contributed by atoms with Crippen molar-refractivity contribution in [1.29, 1.82) is 0 Å². The highest BCUT2D eigenvalue weighted by molar-refractivity contribution is 6.29. The second kappa shape index (κ2) is 10.2. The van der Waals surface area contributed by atoms with Crippen LogP contribution in [0.5, 0.6) is 17.4 Å². The molecule has 11 heteroatoms. The number of aromatic nitrogens is 4. The van der Waals surface area contributed by atoms with E-state index in [0.29, 0.717) is 11.6 Å². The van der Waals surface area contributed by atoms with Crippen LogP contribution in [-0.2, 0) is 5.41 Å². The van der Waals surface area contributed by atoms with E-state index in [1.54, 1.807) is 30.0 Å². The summed E-state index contributed by atoms with van der Waals surface area (Å²) in [6, 6.07) is 13.9. The highest BCUT2D eigenvalue weighted by Crippen LogP contribution is 2.28. The molecule has 0 atom stereocenters. The Bertz CT molecular complexity index is 1390. The van der Waals surface area contributed by atoms with Crippen molar-refractivity contribution in [2.45, 2.75) is 26.2 Å². The lowest BCUT2D eigenvalue weighted by Crippen LogP contribution is -2.21. The number of benzene rings is 2. The second-order valence-corrected chi connectivity index (χ2v) is 9.17. The van der Waals surface area contributed by atoms with Crippen LogP contribution in [0.2, 0.25) is 5.15 Å². The number of hydrogen-bond acceptors (Lipinski definition) is 6. The van der Waals surface area contributed by atoms with Crippen molar-refractivity contribution in [2.24, 2.45) is 0 Å². The van der Waals surface area contributed by atoms with Gasteiger partial charge in [0.25, 0.3) is 0 Å². The number of urea groups is 1. The Labute approximate surface area is 212 Å². The summed E-state index contributed by atoms with van der Waals surface area (Å²) >= 11 is 5.80. The van der Waals surface area contributed by atoms with Gasteiger partial charge in [0, 0.05) is 29.3 Å². The van der Waals surface area contributed by atoms with Gasteiger partial charge in [0.1, 0.15) is 23.0 Å². The Morgan fingerprint density at radius 1 is 1.03 bits per heavy atom. The minimum Gasteiger partial charge on any atom is -0.497 e. The van der Waals surface area contributed by atoms with E-state index < -0.39 is 11.8 Å². The maximum Gasteiger partial charge on any atom is 0.324 e. The first-order valence-corrected chi connectivity index (χ1v) is 11.3. The van der Waals surface area contributed by atoms with Gasteiger partial charge in [-0.15, -0.1) is 0 Å². The van der Waals surface area contributed by atoms with Gasteiger partial charge in [0.2, 0.25) is 5.88 Å². The van der Waals surface area contributed by atoms with Crippen molar-refractivity contribution in [1.82, 2.24) is 19.7 Å². The van der Waals surface area contributed by atoms with E-state index in [4.69, 9.17) is 21.1 Å². The molecule has 36 heavy (non-hydrogen) atoms. The Morgan fingerprint density at radius 3 is 2.42 bits per heavy atom. The van der Waals surface area contributed by atoms with Gasteiger partial charge in [0.05, 0.1) is 18.5 Å². The number of ether oxygens (including phenoxy) is 2. The number of rotatable bonds is 6. The summed E-state index contributed by atoms with van der Waals surface area (Å²) < 4.78 is 26.9. The maximum absolute atomic E-state index is 14.6. The minimum atomic E-state index is -0.694. The highest BCUT2D eigenvalue weighted by Gasteiger charge is 2.22. The number of methoxy groups -OCH3 is 1. The normalized spacial score (nSPS) is 11.2. The molecule has 0 spiro atoms. The van der Waals surface area contributed by atoms with Gasteiger partial charge in [-0.1, -0.05) is 32.4 Å². The zero-order valence-corrected chi connectivity index (χ0v) is 20.8. The molecular weight excluding hydrogens is 487 g/mol. The zero-order chi connectivity index (χ0) is 25.9. The summed E-state index contributed by atoms with van der Waals surface area (Å²) in [7, 11) is 1.59. The van der Waals surface area contributed by atoms with Crippen LogP contribution in [0, 0.1) is 5.82 Å². The molecule has 0 aliphatic rings. The molecule has 0 fully saturated rings. The Balaban J connectivity index is 1.51. The average molecular weight is 511 g/mol. The summed E-state index contributed by atoms with van der Waals surface area (Å²) in [6.45, 7) is 6.08. The maximum atomic E-state index is 14.6. The lowest BCUT2D eigenvalue weighted by Gasteiger charge is -2.14. The van der Waals surface area contributed by atoms with E-state index in [1.807, 2.05) is 32.9 Å². The van der Waals surface area contributed by atoms with Crippen LogP contribution in [0.15, 0.2) is 60.9 Å². The van der Waals surface area contributed by atoms with Crippen molar-refractivity contribution >= 4 is 29.1 Å². The smallest absolute Gasteiger partial charge is 0.324 e. The number of halogens is 2. The molecule has 0 saturated carbocycles. The highest BCUT2D eigenvalue weighted by atomic mass is 35.5. The molecule has 4 rings (SSSR count). The number of hydrogen-bond donors (Lipinski definition) is 2. The number of nitrogens with zero attached hydrogens (tertiary/aromatic N) is 4. The topological polar surface area (TPSA) is 103 Å². The largest absolute Gasteiger partial charge is 0.497 e. The Morgan fingerprint density at radius 2 is 1.78 bits per heavy atom. The molecule has 2 aromatic carbocycles. The molecule has 2 amide bonds. The number of nitrogens with one attached hydrogen (secondary N) is 2. The molecule has 0 saturated heterocycles. The predicted octanol–water partition coefficient (Wildman–Crippen LogP) is 6.20. The third kappa shape index (κ3) is 5.89. The Kier molecular flexibility index (Phi) is 7.07. The summed E-state index contributed by atoms with van der Waals surface area (Å²) in [5, 5.41) is 10.3. The second-order valence-electron chi connectivity index (χ2n) is 8.78. The standard InChI is InChI=1S/C25H24ClFN6O3/c1-25(2,3)20-12-22(33(32-20)16-6-8-17(35-4)9-7-16)31-24(34)30-15-5-10-19(18(27)11-15)36-23-13-21(26)28-14-29-23/h5-14H,1-4H3,(H2,30,31,34). The zero-order valence-electron chi connectivity index (χ0n) is 20.0. The molecule has 9 nitrogen and oxygen atoms in total. The van der Waals surface area contributed by atoms with Gasteiger partial charge in [-0.3, -0.25) is 5.32 Å². The Hall–Kier alpha value is -4.18. The van der Waals surface area contributed by atoms with Crippen molar-refractivity contribution in [2.75, 3.05) is 17.7 Å². The molecule has 0 aliphatic carbocycles. The molecule has 186 valence electrons. The van der Waals surface area contributed by atoms with Crippen LogP contribution in [0.25, 0.3) is 5.69 Å². The number of anilines is 2. The van der Waals surface area contributed by atoms with Crippen molar-refractivity contribution < 1.29 is 18.7 Å². The van der Waals surface area contributed by atoms with E-state index >= 15 is 0 Å². The summed E-state index contributed by atoms with van der Waals surface area (Å²) in [4.78, 5) is 20.4. The van der Waals surface area contributed by atoms with Gasteiger partial charge in [-0.25, -0.2) is 23.8 Å². The van der Waals surface area contributed by atoms with Crippen LogP contribution in [-0.4, -0.2) is 32.9 Å². The predicted molar refractivity (Wildman–Crippen MR) is 135 cm³/mol. The van der Waals surface area contributed by atoms with Crippen LogP contribution in [0.3, 0.4) is 0 Å². The van der Waals surface area contributed by atoms with E-state index in [9.17, 15) is 9.18 Å². The van der Waals surface area contributed by atoms with Crippen molar-refractivity contribution in [3.63, 3.8) is 0 Å². The SMILES string of the molecule is COc1ccc(-n2nc(C(C)(C)C)cc2NC(=O)Nc2ccc(Oc3cc(Cl)ncn3)c(F)c2)cc1. The van der Waals surface area contributed by atoms with Crippen LogP contribution in [0.4, 0.5) is 20.7 Å². The molecule has 0 bridgehead atoms. The third-order valence-electron chi connectivity index (χ3n) is 5.05. The van der Waals surface area contributed by atoms with Crippen LogP contribution >= 0.6 is 11.6 Å². The first-order chi connectivity index (χ1) is 17.1. The molecule has 2 heterocycles. The molecule has 2 aromatic heterocycles. The molecule has 2 N–H and O–H groups in total. The van der Waals surface area contributed by atoms with Gasteiger partial charge in [0.15, 0.2) is 11.6 Å². The molecule has 0 radical (unpaired) electrons. The number of carbonyl (C=O) groups excluding carboxylic acids is 1. The molecule has 4 aromatic rings. The van der Waals surface area contributed by atoms with Gasteiger partial charge < -0.3 is 14.8 Å². The van der Waals surface area contributed by atoms with Crippen molar-refractivity contribution in [3.8, 4) is 23.1 Å². The fourth-order valence-electron chi connectivity index (χ4n) is 3.18. The monoisotopic (exact) mass is 510 g/mol. The third-order valence-corrected chi connectivity index (χ3v) is 5.26.